The fourth-order valence-electron chi connectivity index (χ4n) is 3.97. The van der Waals surface area contributed by atoms with Crippen molar-refractivity contribution in [1.82, 2.24) is 15.0 Å². The van der Waals surface area contributed by atoms with Crippen molar-refractivity contribution in [2.75, 3.05) is 61.2 Å². The van der Waals surface area contributed by atoms with Crippen LogP contribution in [0.3, 0.4) is 0 Å². The molecule has 1 aliphatic heterocycles. The Hall–Kier alpha value is -3.34. The maximum atomic E-state index is 13.1. The Morgan fingerprint density at radius 3 is 2.59 bits per heavy atom. The third kappa shape index (κ3) is 5.77. The largest absolute Gasteiger partial charge is 0.416 e. The van der Waals surface area contributed by atoms with Crippen LogP contribution in [0.2, 0.25) is 0 Å². The van der Waals surface area contributed by atoms with Crippen LogP contribution in [0.4, 0.5) is 36.4 Å². The highest BCUT2D eigenvalue weighted by Gasteiger charge is 2.31. The number of rotatable bonds is 9. The van der Waals surface area contributed by atoms with Crippen LogP contribution in [0, 0.1) is 0 Å². The van der Waals surface area contributed by atoms with E-state index >= 15 is 0 Å². The third-order valence-electron chi connectivity index (χ3n) is 5.64. The molecule has 3 aromatic rings. The van der Waals surface area contributed by atoms with Crippen molar-refractivity contribution >= 4 is 34.2 Å². The van der Waals surface area contributed by atoms with E-state index in [-0.39, 0.29) is 5.69 Å². The number of fused-ring (bicyclic) bond motifs is 1. The zero-order valence-corrected chi connectivity index (χ0v) is 19.0. The van der Waals surface area contributed by atoms with Gasteiger partial charge in [0, 0.05) is 44.4 Å². The van der Waals surface area contributed by atoms with Crippen molar-refractivity contribution in [3.8, 4) is 0 Å². The lowest BCUT2D eigenvalue weighted by Gasteiger charge is -2.18. The number of nitrogens with one attached hydrogen (secondary N) is 2. The van der Waals surface area contributed by atoms with E-state index in [2.05, 4.69) is 30.5 Å². The molecule has 1 saturated heterocycles. The fraction of sp³-hybridized carbons (Fsp3) is 0.435. The van der Waals surface area contributed by atoms with Gasteiger partial charge in [-0.05, 0) is 49.1 Å². The van der Waals surface area contributed by atoms with Crippen molar-refractivity contribution < 1.29 is 17.9 Å². The minimum absolute atomic E-state index is 0.0864. The number of hydrogen-bond donors (Lipinski definition) is 3. The number of benzene rings is 1. The quantitative estimate of drug-likeness (QED) is 0.316. The molecule has 0 saturated carbocycles. The number of methoxy groups -OCH3 is 1. The molecule has 0 unspecified atom stereocenters. The molecule has 1 fully saturated rings. The lowest BCUT2D eigenvalue weighted by molar-refractivity contribution is -0.137. The van der Waals surface area contributed by atoms with Gasteiger partial charge in [0.2, 0.25) is 5.95 Å². The Balaban J connectivity index is 1.57. The van der Waals surface area contributed by atoms with Gasteiger partial charge in [-0.1, -0.05) is 0 Å². The summed E-state index contributed by atoms with van der Waals surface area (Å²) < 4.78 is 44.5. The van der Waals surface area contributed by atoms with Gasteiger partial charge in [-0.2, -0.15) is 18.2 Å². The van der Waals surface area contributed by atoms with Gasteiger partial charge in [0.1, 0.15) is 11.6 Å². The summed E-state index contributed by atoms with van der Waals surface area (Å²) in [6, 6.07) is 5.59. The summed E-state index contributed by atoms with van der Waals surface area (Å²) in [5.41, 5.74) is 6.20. The number of aromatic nitrogens is 3. The summed E-state index contributed by atoms with van der Waals surface area (Å²) in [5.74, 6) is 1.88. The Morgan fingerprint density at radius 2 is 1.85 bits per heavy atom. The van der Waals surface area contributed by atoms with E-state index in [1.807, 2.05) is 6.07 Å². The molecule has 11 heteroatoms. The second-order valence-corrected chi connectivity index (χ2v) is 8.21. The first-order chi connectivity index (χ1) is 16.3. The van der Waals surface area contributed by atoms with E-state index in [1.54, 1.807) is 19.4 Å². The van der Waals surface area contributed by atoms with Crippen LogP contribution < -0.4 is 21.3 Å². The van der Waals surface area contributed by atoms with E-state index in [0.29, 0.717) is 49.0 Å². The molecule has 4 N–H and O–H groups in total. The molecule has 1 aliphatic rings. The lowest BCUT2D eigenvalue weighted by Crippen LogP contribution is -2.19. The Kier molecular flexibility index (Phi) is 7.20. The highest BCUT2D eigenvalue weighted by molar-refractivity contribution is 5.91. The van der Waals surface area contributed by atoms with Crippen LogP contribution in [-0.2, 0) is 17.3 Å². The van der Waals surface area contributed by atoms with Gasteiger partial charge >= 0.3 is 6.18 Å². The molecule has 8 nitrogen and oxygen atoms in total. The molecule has 4 rings (SSSR count). The number of pyridine rings is 1. The summed E-state index contributed by atoms with van der Waals surface area (Å²) in [5, 5.41) is 7.20. The van der Waals surface area contributed by atoms with Crippen molar-refractivity contribution in [3.63, 3.8) is 0 Å². The number of hydrogen-bond acceptors (Lipinski definition) is 8. The van der Waals surface area contributed by atoms with Gasteiger partial charge in [0.05, 0.1) is 23.9 Å². The number of nitrogens with two attached hydrogens (primary N) is 1. The predicted molar refractivity (Wildman–Crippen MR) is 127 cm³/mol. The van der Waals surface area contributed by atoms with Crippen LogP contribution >= 0.6 is 0 Å². The van der Waals surface area contributed by atoms with Crippen molar-refractivity contribution in [2.45, 2.75) is 25.4 Å². The minimum Gasteiger partial charge on any atom is -0.399 e. The first kappa shape index (κ1) is 23.8. The van der Waals surface area contributed by atoms with Crippen LogP contribution in [0.5, 0.6) is 0 Å². The van der Waals surface area contributed by atoms with E-state index in [1.165, 1.54) is 0 Å². The molecule has 2 aromatic heterocycles. The van der Waals surface area contributed by atoms with Gasteiger partial charge < -0.3 is 26.0 Å². The molecular weight excluding hydrogens is 447 g/mol. The van der Waals surface area contributed by atoms with Crippen LogP contribution in [-0.4, -0.2) is 54.8 Å². The summed E-state index contributed by atoms with van der Waals surface area (Å²) in [7, 11) is 1.61. The molecular formula is C23H28F3N7O. The zero-order chi connectivity index (χ0) is 24.1. The topological polar surface area (TPSA) is 101 Å². The Bertz CT molecular complexity index is 1130. The predicted octanol–water partition coefficient (Wildman–Crippen LogP) is 3.94. The number of nitrogens with zero attached hydrogens (tertiary/aromatic N) is 4. The standard InChI is InChI=1S/C23H28F3N7O/c1-34-9-6-29-22-31-19-14-30-20(33-7-2-3-8-33)13-18(19)21(32-22)28-5-4-15-10-16(23(24,25)26)12-17(27)11-15/h10-14H,2-9,27H2,1H3,(H2,28,29,31,32). The van der Waals surface area contributed by atoms with Crippen molar-refractivity contribution in [2.24, 2.45) is 0 Å². The second-order valence-electron chi connectivity index (χ2n) is 8.21. The zero-order valence-electron chi connectivity index (χ0n) is 19.0. The number of alkyl halides is 3. The summed E-state index contributed by atoms with van der Waals surface area (Å²) in [4.78, 5) is 16.0. The molecule has 0 spiro atoms. The number of nitrogen functional groups attached to an aromatic ring is 1. The monoisotopic (exact) mass is 475 g/mol. The number of ether oxygens (including phenoxy) is 1. The van der Waals surface area contributed by atoms with E-state index in [4.69, 9.17) is 10.5 Å². The summed E-state index contributed by atoms with van der Waals surface area (Å²) >= 11 is 0. The SMILES string of the molecule is COCCNc1nc(NCCc2cc(N)cc(C(F)(F)F)c2)c2cc(N3CCCC3)ncc2n1. The number of halogens is 3. The van der Waals surface area contributed by atoms with Gasteiger partial charge in [0.15, 0.2) is 0 Å². The van der Waals surface area contributed by atoms with Crippen molar-refractivity contribution in [3.05, 3.63) is 41.6 Å². The average Bonchev–Trinajstić information content (AvgIpc) is 3.33. The molecule has 0 aliphatic carbocycles. The van der Waals surface area contributed by atoms with Crippen LogP contribution in [0.1, 0.15) is 24.0 Å². The maximum absolute atomic E-state index is 13.1. The molecule has 3 heterocycles. The van der Waals surface area contributed by atoms with Gasteiger partial charge in [-0.3, -0.25) is 0 Å². The van der Waals surface area contributed by atoms with Gasteiger partial charge in [0.25, 0.3) is 0 Å². The molecule has 0 atom stereocenters. The average molecular weight is 476 g/mol. The second kappa shape index (κ2) is 10.3. The highest BCUT2D eigenvalue weighted by Crippen LogP contribution is 2.32. The third-order valence-corrected chi connectivity index (χ3v) is 5.64. The number of anilines is 4. The first-order valence-electron chi connectivity index (χ1n) is 11.2. The summed E-state index contributed by atoms with van der Waals surface area (Å²) in [6.45, 7) is 3.30. The Labute approximate surface area is 195 Å². The fourth-order valence-corrected chi connectivity index (χ4v) is 3.97. The van der Waals surface area contributed by atoms with Gasteiger partial charge in [-0.25, -0.2) is 9.97 Å². The normalized spacial score (nSPS) is 14.1. The summed E-state index contributed by atoms with van der Waals surface area (Å²) in [6.07, 6.45) is -0.114. The van der Waals surface area contributed by atoms with E-state index in [0.717, 1.165) is 49.3 Å². The van der Waals surface area contributed by atoms with Crippen molar-refractivity contribution in [1.29, 1.82) is 0 Å². The molecule has 182 valence electrons. The molecule has 0 amide bonds. The molecule has 0 radical (unpaired) electrons. The van der Waals surface area contributed by atoms with E-state index in [9.17, 15) is 13.2 Å². The maximum Gasteiger partial charge on any atom is 0.416 e. The minimum atomic E-state index is -4.44. The van der Waals surface area contributed by atoms with Gasteiger partial charge in [-0.15, -0.1) is 0 Å². The lowest BCUT2D eigenvalue weighted by atomic mass is 10.1. The molecule has 0 bridgehead atoms. The smallest absolute Gasteiger partial charge is 0.399 e. The van der Waals surface area contributed by atoms with Crippen LogP contribution in [0.15, 0.2) is 30.5 Å². The Morgan fingerprint density at radius 1 is 1.06 bits per heavy atom. The molecule has 34 heavy (non-hydrogen) atoms. The highest BCUT2D eigenvalue weighted by atomic mass is 19.4. The van der Waals surface area contributed by atoms with Crippen LogP contribution in [0.25, 0.3) is 10.9 Å². The first-order valence-corrected chi connectivity index (χ1v) is 11.2. The van der Waals surface area contributed by atoms with E-state index < -0.39 is 11.7 Å². The molecule has 1 aromatic carbocycles.